The van der Waals surface area contributed by atoms with Gasteiger partial charge < -0.3 is 19.8 Å². The molecule has 0 saturated carbocycles. The third-order valence-corrected chi connectivity index (χ3v) is 3.31. The molecule has 3 rings (SSSR count). The van der Waals surface area contributed by atoms with Crippen LogP contribution in [0, 0.1) is 0 Å². The molecule has 2 heterocycles. The van der Waals surface area contributed by atoms with Gasteiger partial charge in [-0.3, -0.25) is 4.79 Å². The fraction of sp³-hybridized carbons (Fsp3) is 0.167. The highest BCUT2D eigenvalue weighted by molar-refractivity contribution is 5.92. The average molecular weight is 338 g/mol. The molecular weight excluding hydrogens is 320 g/mol. The first-order chi connectivity index (χ1) is 12.2. The lowest BCUT2D eigenvalue weighted by atomic mass is 10.3. The van der Waals surface area contributed by atoms with Gasteiger partial charge in [-0.1, -0.05) is 0 Å². The summed E-state index contributed by atoms with van der Waals surface area (Å²) in [6.45, 7) is 2.85. The van der Waals surface area contributed by atoms with E-state index in [-0.39, 0.29) is 11.6 Å². The molecule has 0 unspecified atom stereocenters. The van der Waals surface area contributed by atoms with Crippen LogP contribution in [0.3, 0.4) is 0 Å². The van der Waals surface area contributed by atoms with E-state index in [1.54, 1.807) is 24.5 Å². The molecule has 0 radical (unpaired) electrons. The van der Waals surface area contributed by atoms with Crippen molar-refractivity contribution in [1.29, 1.82) is 0 Å². The zero-order valence-electron chi connectivity index (χ0n) is 13.7. The molecule has 2 N–H and O–H groups in total. The molecule has 2 aromatic heterocycles. The van der Waals surface area contributed by atoms with Crippen LogP contribution in [0.25, 0.3) is 0 Å². The molecular formula is C18H18N4O3. The Morgan fingerprint density at radius 1 is 1.20 bits per heavy atom. The van der Waals surface area contributed by atoms with Crippen molar-refractivity contribution >= 4 is 17.5 Å². The van der Waals surface area contributed by atoms with Crippen molar-refractivity contribution in [3.8, 4) is 5.75 Å². The first-order valence-corrected chi connectivity index (χ1v) is 7.88. The summed E-state index contributed by atoms with van der Waals surface area (Å²) in [7, 11) is 0. The lowest BCUT2D eigenvalue weighted by Crippen LogP contribution is -2.23. The highest BCUT2D eigenvalue weighted by Crippen LogP contribution is 2.18. The normalized spacial score (nSPS) is 10.3. The van der Waals surface area contributed by atoms with Crippen LogP contribution in [0.15, 0.2) is 59.3 Å². The van der Waals surface area contributed by atoms with Crippen LogP contribution in [0.5, 0.6) is 5.75 Å². The van der Waals surface area contributed by atoms with Gasteiger partial charge in [-0.15, -0.1) is 0 Å². The van der Waals surface area contributed by atoms with Crippen LogP contribution in [0.2, 0.25) is 0 Å². The molecule has 0 aliphatic carbocycles. The molecule has 1 aromatic carbocycles. The van der Waals surface area contributed by atoms with E-state index in [9.17, 15) is 4.79 Å². The van der Waals surface area contributed by atoms with E-state index in [1.807, 2.05) is 31.2 Å². The van der Waals surface area contributed by atoms with Crippen LogP contribution in [-0.2, 0) is 6.54 Å². The number of rotatable bonds is 7. The maximum atomic E-state index is 12.2. The summed E-state index contributed by atoms with van der Waals surface area (Å²) in [5.41, 5.74) is 1.08. The molecule has 0 spiro atoms. The van der Waals surface area contributed by atoms with E-state index in [4.69, 9.17) is 9.15 Å². The number of furan rings is 1. The highest BCUT2D eigenvalue weighted by Gasteiger charge is 2.09. The SMILES string of the molecule is CCOc1ccc(Nc2nccc(C(=O)NCc3ccco3)n2)cc1. The maximum Gasteiger partial charge on any atom is 0.270 e. The van der Waals surface area contributed by atoms with Gasteiger partial charge in [0.2, 0.25) is 5.95 Å². The van der Waals surface area contributed by atoms with Gasteiger partial charge in [-0.25, -0.2) is 9.97 Å². The number of ether oxygens (including phenoxy) is 1. The topological polar surface area (TPSA) is 89.3 Å². The zero-order chi connectivity index (χ0) is 17.5. The number of nitrogens with one attached hydrogen (secondary N) is 2. The Bertz CT molecular complexity index is 817. The second-order valence-electron chi connectivity index (χ2n) is 5.11. The number of aromatic nitrogens is 2. The van der Waals surface area contributed by atoms with E-state index >= 15 is 0 Å². The monoisotopic (exact) mass is 338 g/mol. The summed E-state index contributed by atoms with van der Waals surface area (Å²) in [5.74, 6) is 1.51. The Morgan fingerprint density at radius 2 is 2.04 bits per heavy atom. The number of carbonyl (C=O) groups is 1. The number of anilines is 2. The summed E-state index contributed by atoms with van der Waals surface area (Å²) >= 11 is 0. The Hall–Kier alpha value is -3.35. The Labute approximate surface area is 145 Å². The quantitative estimate of drug-likeness (QED) is 0.688. The summed E-state index contributed by atoms with van der Waals surface area (Å²) in [5, 5.41) is 5.81. The van der Waals surface area contributed by atoms with Crippen molar-refractivity contribution in [2.45, 2.75) is 13.5 Å². The number of nitrogens with zero attached hydrogens (tertiary/aromatic N) is 2. The number of carbonyl (C=O) groups excluding carboxylic acids is 1. The van der Waals surface area contributed by atoms with Gasteiger partial charge >= 0.3 is 0 Å². The van der Waals surface area contributed by atoms with Crippen LogP contribution < -0.4 is 15.4 Å². The molecule has 0 aliphatic rings. The van der Waals surface area contributed by atoms with Gasteiger partial charge in [0.05, 0.1) is 19.4 Å². The van der Waals surface area contributed by atoms with E-state index in [0.29, 0.717) is 24.9 Å². The first-order valence-electron chi connectivity index (χ1n) is 7.88. The first kappa shape index (κ1) is 16.5. The fourth-order valence-corrected chi connectivity index (χ4v) is 2.15. The summed E-state index contributed by atoms with van der Waals surface area (Å²) in [4.78, 5) is 20.5. The highest BCUT2D eigenvalue weighted by atomic mass is 16.5. The minimum Gasteiger partial charge on any atom is -0.494 e. The molecule has 1 amide bonds. The Balaban J connectivity index is 1.63. The van der Waals surface area contributed by atoms with E-state index < -0.39 is 0 Å². The molecule has 25 heavy (non-hydrogen) atoms. The number of amides is 1. The minimum atomic E-state index is -0.298. The van der Waals surface area contributed by atoms with Crippen molar-refractivity contribution in [3.05, 3.63) is 66.4 Å². The second kappa shape index (κ2) is 7.96. The Kier molecular flexibility index (Phi) is 5.26. The molecule has 0 bridgehead atoms. The standard InChI is InChI=1S/C18H18N4O3/c1-2-24-14-7-5-13(6-8-14)21-18-19-10-9-16(22-18)17(23)20-12-15-4-3-11-25-15/h3-11H,2,12H2,1H3,(H,20,23)(H,19,21,22). The molecule has 0 aliphatic heterocycles. The van der Waals surface area contributed by atoms with Gasteiger partial charge in [-0.2, -0.15) is 0 Å². The predicted molar refractivity (Wildman–Crippen MR) is 92.8 cm³/mol. The number of hydrogen-bond donors (Lipinski definition) is 2. The van der Waals surface area contributed by atoms with E-state index in [0.717, 1.165) is 11.4 Å². The lowest BCUT2D eigenvalue weighted by molar-refractivity contribution is 0.0943. The minimum absolute atomic E-state index is 0.273. The van der Waals surface area contributed by atoms with Gasteiger partial charge in [0.15, 0.2) is 0 Å². The maximum absolute atomic E-state index is 12.2. The van der Waals surface area contributed by atoms with E-state index in [2.05, 4.69) is 20.6 Å². The van der Waals surface area contributed by atoms with Crippen molar-refractivity contribution in [3.63, 3.8) is 0 Å². The van der Waals surface area contributed by atoms with Crippen molar-refractivity contribution in [2.75, 3.05) is 11.9 Å². The summed E-state index contributed by atoms with van der Waals surface area (Å²) in [6.07, 6.45) is 3.09. The molecule has 3 aromatic rings. The van der Waals surface area contributed by atoms with E-state index in [1.165, 1.54) is 6.20 Å². The summed E-state index contributed by atoms with van der Waals surface area (Å²) < 4.78 is 10.6. The number of hydrogen-bond acceptors (Lipinski definition) is 6. The smallest absolute Gasteiger partial charge is 0.270 e. The van der Waals surface area contributed by atoms with Crippen LogP contribution in [0.4, 0.5) is 11.6 Å². The summed E-state index contributed by atoms with van der Waals surface area (Å²) in [6, 6.07) is 12.5. The third-order valence-electron chi connectivity index (χ3n) is 3.31. The van der Waals surface area contributed by atoms with Crippen LogP contribution in [-0.4, -0.2) is 22.5 Å². The second-order valence-corrected chi connectivity index (χ2v) is 5.11. The van der Waals surface area contributed by atoms with Crippen molar-refractivity contribution in [2.24, 2.45) is 0 Å². The molecule has 0 saturated heterocycles. The van der Waals surface area contributed by atoms with Gasteiger partial charge in [0, 0.05) is 11.9 Å². The molecule has 7 heteroatoms. The molecule has 128 valence electrons. The third kappa shape index (κ3) is 4.57. The predicted octanol–water partition coefficient (Wildman–Crippen LogP) is 3.14. The zero-order valence-corrected chi connectivity index (χ0v) is 13.7. The Morgan fingerprint density at radius 3 is 2.76 bits per heavy atom. The molecule has 0 fully saturated rings. The van der Waals surface area contributed by atoms with Crippen LogP contribution in [0.1, 0.15) is 23.2 Å². The van der Waals surface area contributed by atoms with Gasteiger partial charge in [0.1, 0.15) is 17.2 Å². The lowest BCUT2D eigenvalue weighted by Gasteiger charge is -2.08. The molecule has 0 atom stereocenters. The van der Waals surface area contributed by atoms with Crippen molar-refractivity contribution < 1.29 is 13.9 Å². The fourth-order valence-electron chi connectivity index (χ4n) is 2.15. The molecule has 7 nitrogen and oxygen atoms in total. The van der Waals surface area contributed by atoms with Gasteiger partial charge in [-0.05, 0) is 49.4 Å². The van der Waals surface area contributed by atoms with Crippen molar-refractivity contribution in [1.82, 2.24) is 15.3 Å². The largest absolute Gasteiger partial charge is 0.494 e. The van der Waals surface area contributed by atoms with Gasteiger partial charge in [0.25, 0.3) is 5.91 Å². The average Bonchev–Trinajstić information content (AvgIpc) is 3.15. The van der Waals surface area contributed by atoms with Crippen LogP contribution >= 0.6 is 0 Å². The number of benzene rings is 1.